The van der Waals surface area contributed by atoms with E-state index in [1.54, 1.807) is 5.57 Å². The molecule has 0 aromatic rings. The maximum Gasteiger partial charge on any atom is 0.158 e. The lowest BCUT2D eigenvalue weighted by Gasteiger charge is -2.40. The lowest BCUT2D eigenvalue weighted by Crippen LogP contribution is -2.26. The fraction of sp³-hybridized carbons (Fsp3) is 0.875. The molecule has 0 aromatic carbocycles. The highest BCUT2D eigenvalue weighted by molar-refractivity contribution is 5.10. The van der Waals surface area contributed by atoms with Crippen molar-refractivity contribution in [3.63, 3.8) is 0 Å². The van der Waals surface area contributed by atoms with E-state index in [0.717, 1.165) is 19.6 Å². The topological polar surface area (TPSA) is 18.5 Å². The number of hydrogen-bond donors (Lipinski definition) is 0. The number of ether oxygens (including phenoxy) is 2. The molecule has 2 fully saturated rings. The van der Waals surface area contributed by atoms with Gasteiger partial charge in [-0.25, -0.2) is 0 Å². The van der Waals surface area contributed by atoms with Gasteiger partial charge in [0.15, 0.2) is 6.29 Å². The average Bonchev–Trinajstić information content (AvgIpc) is 2.93. The van der Waals surface area contributed by atoms with E-state index in [1.165, 1.54) is 57.8 Å². The predicted octanol–water partition coefficient (Wildman–Crippen LogP) is 4.20. The van der Waals surface area contributed by atoms with Crippen LogP contribution in [0.1, 0.15) is 64.2 Å². The fourth-order valence-electron chi connectivity index (χ4n) is 3.85. The van der Waals surface area contributed by atoms with Crippen molar-refractivity contribution in [3.8, 4) is 0 Å². The van der Waals surface area contributed by atoms with Crippen LogP contribution in [0.5, 0.6) is 0 Å². The Morgan fingerprint density at radius 1 is 1.06 bits per heavy atom. The van der Waals surface area contributed by atoms with Crippen LogP contribution in [0.2, 0.25) is 0 Å². The minimum atomic E-state index is 0.0801. The summed E-state index contributed by atoms with van der Waals surface area (Å²) >= 11 is 0. The van der Waals surface area contributed by atoms with Gasteiger partial charge in [-0.3, -0.25) is 0 Å². The molecule has 1 aliphatic heterocycles. The zero-order valence-electron chi connectivity index (χ0n) is 11.5. The lowest BCUT2D eigenvalue weighted by atomic mass is 9.66. The van der Waals surface area contributed by atoms with Gasteiger partial charge >= 0.3 is 0 Å². The van der Waals surface area contributed by atoms with Crippen molar-refractivity contribution in [1.29, 1.82) is 0 Å². The molecule has 0 unspecified atom stereocenters. The Hall–Kier alpha value is -0.340. The molecule has 1 saturated heterocycles. The van der Waals surface area contributed by atoms with Crippen molar-refractivity contribution in [2.24, 2.45) is 5.41 Å². The largest absolute Gasteiger partial charge is 0.350 e. The lowest BCUT2D eigenvalue weighted by molar-refractivity contribution is -0.0464. The quantitative estimate of drug-likeness (QED) is 0.699. The van der Waals surface area contributed by atoms with Gasteiger partial charge in [-0.1, -0.05) is 30.9 Å². The Morgan fingerprint density at radius 3 is 2.50 bits per heavy atom. The Morgan fingerprint density at radius 2 is 1.83 bits per heavy atom. The molecule has 0 N–H and O–H groups in total. The molecule has 0 aromatic heterocycles. The van der Waals surface area contributed by atoms with E-state index in [4.69, 9.17) is 9.47 Å². The van der Waals surface area contributed by atoms with E-state index in [1.807, 2.05) is 0 Å². The zero-order chi connectivity index (χ0) is 12.3. The molecule has 2 nitrogen and oxygen atoms in total. The van der Waals surface area contributed by atoms with E-state index in [-0.39, 0.29) is 6.29 Å². The second kappa shape index (κ2) is 5.75. The van der Waals surface area contributed by atoms with Crippen LogP contribution in [0.25, 0.3) is 0 Å². The molecule has 1 spiro atoms. The van der Waals surface area contributed by atoms with Gasteiger partial charge in [-0.2, -0.15) is 0 Å². The molecule has 0 bridgehead atoms. The van der Waals surface area contributed by atoms with Crippen molar-refractivity contribution < 1.29 is 9.47 Å². The summed E-state index contributed by atoms with van der Waals surface area (Å²) in [5, 5.41) is 0. The molecule has 3 rings (SSSR count). The summed E-state index contributed by atoms with van der Waals surface area (Å²) in [5.41, 5.74) is 2.35. The summed E-state index contributed by atoms with van der Waals surface area (Å²) in [5.74, 6) is 0. The summed E-state index contributed by atoms with van der Waals surface area (Å²) in [4.78, 5) is 0. The highest BCUT2D eigenvalue weighted by Gasteiger charge is 2.33. The first-order chi connectivity index (χ1) is 8.86. The van der Waals surface area contributed by atoms with E-state index in [9.17, 15) is 0 Å². The third kappa shape index (κ3) is 2.97. The van der Waals surface area contributed by atoms with Crippen LogP contribution >= 0.6 is 0 Å². The van der Waals surface area contributed by atoms with Gasteiger partial charge in [-0.05, 0) is 43.9 Å². The normalized spacial score (nSPS) is 28.6. The number of hydrogen-bond acceptors (Lipinski definition) is 2. The first kappa shape index (κ1) is 12.7. The van der Waals surface area contributed by atoms with Crippen molar-refractivity contribution in [2.45, 2.75) is 70.5 Å². The molecule has 1 saturated carbocycles. The molecule has 18 heavy (non-hydrogen) atoms. The summed E-state index contributed by atoms with van der Waals surface area (Å²) in [6, 6.07) is 0. The van der Waals surface area contributed by atoms with Gasteiger partial charge < -0.3 is 9.47 Å². The monoisotopic (exact) mass is 250 g/mol. The molecular weight excluding hydrogens is 224 g/mol. The van der Waals surface area contributed by atoms with Gasteiger partial charge in [0.05, 0.1) is 13.2 Å². The summed E-state index contributed by atoms with van der Waals surface area (Å²) in [7, 11) is 0. The molecule has 0 amide bonds. The van der Waals surface area contributed by atoms with Crippen molar-refractivity contribution in [1.82, 2.24) is 0 Å². The first-order valence-electron chi connectivity index (χ1n) is 7.78. The third-order valence-electron chi connectivity index (χ3n) is 5.11. The highest BCUT2D eigenvalue weighted by Crippen LogP contribution is 2.47. The molecular formula is C16H26O2. The molecule has 102 valence electrons. The average molecular weight is 250 g/mol. The Balaban J connectivity index is 1.47. The second-order valence-electron chi connectivity index (χ2n) is 6.34. The van der Waals surface area contributed by atoms with Crippen LogP contribution in [0.15, 0.2) is 11.6 Å². The van der Waals surface area contributed by atoms with Gasteiger partial charge in [0.2, 0.25) is 0 Å². The van der Waals surface area contributed by atoms with E-state index >= 15 is 0 Å². The molecule has 0 atom stereocenters. The summed E-state index contributed by atoms with van der Waals surface area (Å²) in [6.07, 6.45) is 16.3. The second-order valence-corrected chi connectivity index (χ2v) is 6.34. The number of rotatable bonds is 3. The predicted molar refractivity (Wildman–Crippen MR) is 72.4 cm³/mol. The van der Waals surface area contributed by atoms with E-state index in [2.05, 4.69) is 6.08 Å². The van der Waals surface area contributed by atoms with Crippen LogP contribution in [-0.2, 0) is 9.47 Å². The Labute approximate surface area is 111 Å². The smallest absolute Gasteiger partial charge is 0.158 e. The van der Waals surface area contributed by atoms with E-state index < -0.39 is 0 Å². The molecule has 3 aliphatic rings. The van der Waals surface area contributed by atoms with Gasteiger partial charge in [0.25, 0.3) is 0 Å². The minimum absolute atomic E-state index is 0.0801. The molecule has 0 radical (unpaired) electrons. The van der Waals surface area contributed by atoms with Crippen LogP contribution in [-0.4, -0.2) is 19.5 Å². The maximum atomic E-state index is 5.50. The summed E-state index contributed by atoms with van der Waals surface area (Å²) in [6.45, 7) is 1.57. The summed E-state index contributed by atoms with van der Waals surface area (Å²) < 4.78 is 11.0. The van der Waals surface area contributed by atoms with Crippen molar-refractivity contribution >= 4 is 0 Å². The number of allylic oxidation sites excluding steroid dienone is 2. The van der Waals surface area contributed by atoms with Gasteiger partial charge in [0.1, 0.15) is 0 Å². The first-order valence-corrected chi connectivity index (χ1v) is 7.78. The Kier molecular flexibility index (Phi) is 4.05. The van der Waals surface area contributed by atoms with Crippen molar-refractivity contribution in [3.05, 3.63) is 11.6 Å². The molecule has 1 heterocycles. The van der Waals surface area contributed by atoms with Gasteiger partial charge in [0, 0.05) is 6.42 Å². The van der Waals surface area contributed by atoms with Crippen LogP contribution in [0.3, 0.4) is 0 Å². The highest BCUT2D eigenvalue weighted by atomic mass is 16.7. The zero-order valence-corrected chi connectivity index (χ0v) is 11.5. The Bertz CT molecular complexity index is 296. The minimum Gasteiger partial charge on any atom is -0.350 e. The van der Waals surface area contributed by atoms with E-state index in [0.29, 0.717) is 5.41 Å². The molecule has 2 aliphatic carbocycles. The van der Waals surface area contributed by atoms with Gasteiger partial charge in [-0.15, -0.1) is 0 Å². The maximum absolute atomic E-state index is 5.50. The standard InChI is InChI=1S/C16H26O2/c1-2-8-16(9-3-1)10-6-14(7-11-16)4-5-15-17-12-13-18-15/h6,15H,1-5,7-13H2. The fourth-order valence-corrected chi connectivity index (χ4v) is 3.85. The van der Waals surface area contributed by atoms with Crippen LogP contribution in [0.4, 0.5) is 0 Å². The van der Waals surface area contributed by atoms with Crippen LogP contribution in [0, 0.1) is 5.41 Å². The third-order valence-corrected chi connectivity index (χ3v) is 5.11. The molecule has 2 heteroatoms. The van der Waals surface area contributed by atoms with Crippen molar-refractivity contribution in [2.75, 3.05) is 13.2 Å². The SMILES string of the molecule is C1=C(CCC2OCCO2)CCC2(C1)CCCCC2. The van der Waals surface area contributed by atoms with Crippen LogP contribution < -0.4 is 0 Å².